The minimum Gasteiger partial charge on any atom is -0.317 e. The molecule has 0 saturated carbocycles. The fourth-order valence-electron chi connectivity index (χ4n) is 4.34. The fourth-order valence-corrected chi connectivity index (χ4v) is 4.34. The van der Waals surface area contributed by atoms with Gasteiger partial charge in [0.2, 0.25) is 0 Å². The zero-order valence-electron chi connectivity index (χ0n) is 14.4. The predicted molar refractivity (Wildman–Crippen MR) is 92.8 cm³/mol. The molecule has 0 aromatic rings. The lowest BCUT2D eigenvalue weighted by Gasteiger charge is -2.34. The van der Waals surface area contributed by atoms with E-state index in [0.717, 1.165) is 12.0 Å². The van der Waals surface area contributed by atoms with Gasteiger partial charge >= 0.3 is 0 Å². The first-order chi connectivity index (χ1) is 10.4. The van der Waals surface area contributed by atoms with Gasteiger partial charge in [-0.1, -0.05) is 51.9 Å². The smallest absolute Gasteiger partial charge is 0.0125 e. The SMILES string of the molecule is CCCCCCCCCCN1CCCC1C1CCNCC1. The lowest BCUT2D eigenvalue weighted by molar-refractivity contribution is 0.160. The van der Waals surface area contributed by atoms with Gasteiger partial charge in [-0.2, -0.15) is 0 Å². The minimum absolute atomic E-state index is 0.927. The van der Waals surface area contributed by atoms with Crippen LogP contribution in [0.1, 0.15) is 84.0 Å². The highest BCUT2D eigenvalue weighted by atomic mass is 15.2. The van der Waals surface area contributed by atoms with Crippen LogP contribution in [-0.4, -0.2) is 37.1 Å². The molecule has 0 aliphatic carbocycles. The third-order valence-electron chi connectivity index (χ3n) is 5.64. The summed E-state index contributed by atoms with van der Waals surface area (Å²) in [5, 5.41) is 3.52. The van der Waals surface area contributed by atoms with Crippen LogP contribution in [0.4, 0.5) is 0 Å². The van der Waals surface area contributed by atoms with Gasteiger partial charge in [0, 0.05) is 6.04 Å². The van der Waals surface area contributed by atoms with Crippen molar-refractivity contribution in [3.05, 3.63) is 0 Å². The molecule has 2 aliphatic heterocycles. The van der Waals surface area contributed by atoms with Crippen LogP contribution < -0.4 is 5.32 Å². The molecule has 1 N–H and O–H groups in total. The number of likely N-dealkylation sites (tertiary alicyclic amines) is 1. The fraction of sp³-hybridized carbons (Fsp3) is 1.00. The van der Waals surface area contributed by atoms with Crippen molar-refractivity contribution in [3.63, 3.8) is 0 Å². The summed E-state index contributed by atoms with van der Waals surface area (Å²) in [5.74, 6) is 0.989. The maximum absolute atomic E-state index is 3.52. The van der Waals surface area contributed by atoms with Gasteiger partial charge in [0.25, 0.3) is 0 Å². The first kappa shape index (κ1) is 17.3. The monoisotopic (exact) mass is 294 g/mol. The van der Waals surface area contributed by atoms with Gasteiger partial charge in [-0.15, -0.1) is 0 Å². The Morgan fingerprint density at radius 2 is 1.52 bits per heavy atom. The van der Waals surface area contributed by atoms with E-state index in [1.165, 1.54) is 103 Å². The molecule has 1 atom stereocenters. The van der Waals surface area contributed by atoms with Gasteiger partial charge in [-0.3, -0.25) is 0 Å². The number of rotatable bonds is 10. The van der Waals surface area contributed by atoms with E-state index in [1.807, 2.05) is 0 Å². The molecule has 2 fully saturated rings. The highest BCUT2D eigenvalue weighted by Crippen LogP contribution is 2.29. The second-order valence-corrected chi connectivity index (χ2v) is 7.31. The normalized spacial score (nSPS) is 24.7. The van der Waals surface area contributed by atoms with Gasteiger partial charge in [0.1, 0.15) is 0 Å². The topological polar surface area (TPSA) is 15.3 Å². The van der Waals surface area contributed by atoms with E-state index >= 15 is 0 Å². The first-order valence-electron chi connectivity index (χ1n) is 9.86. The van der Waals surface area contributed by atoms with E-state index in [0.29, 0.717) is 0 Å². The van der Waals surface area contributed by atoms with Crippen molar-refractivity contribution in [1.82, 2.24) is 10.2 Å². The Kier molecular flexibility index (Phi) is 8.73. The van der Waals surface area contributed by atoms with Crippen LogP contribution in [0.2, 0.25) is 0 Å². The number of unbranched alkanes of at least 4 members (excludes halogenated alkanes) is 7. The number of hydrogen-bond donors (Lipinski definition) is 1. The maximum atomic E-state index is 3.52. The van der Waals surface area contributed by atoms with Crippen LogP contribution in [0.5, 0.6) is 0 Å². The Morgan fingerprint density at radius 1 is 0.857 bits per heavy atom. The highest BCUT2D eigenvalue weighted by Gasteiger charge is 2.31. The summed E-state index contributed by atoms with van der Waals surface area (Å²) in [4.78, 5) is 2.84. The van der Waals surface area contributed by atoms with Gasteiger partial charge in [0.15, 0.2) is 0 Å². The van der Waals surface area contributed by atoms with Gasteiger partial charge in [-0.25, -0.2) is 0 Å². The van der Waals surface area contributed by atoms with Crippen LogP contribution >= 0.6 is 0 Å². The molecule has 1 unspecified atom stereocenters. The summed E-state index contributed by atoms with van der Waals surface area (Å²) in [5.41, 5.74) is 0. The van der Waals surface area contributed by atoms with Crippen molar-refractivity contribution < 1.29 is 0 Å². The Hall–Kier alpha value is -0.0800. The second kappa shape index (κ2) is 10.6. The van der Waals surface area contributed by atoms with Crippen LogP contribution in [0.25, 0.3) is 0 Å². The molecule has 0 amide bonds. The Bertz CT molecular complexity index is 248. The quantitative estimate of drug-likeness (QED) is 0.593. The van der Waals surface area contributed by atoms with E-state index in [9.17, 15) is 0 Å². The van der Waals surface area contributed by atoms with Crippen LogP contribution in [0.3, 0.4) is 0 Å². The van der Waals surface area contributed by atoms with Crippen molar-refractivity contribution in [2.45, 2.75) is 90.0 Å². The third kappa shape index (κ3) is 6.28. The maximum Gasteiger partial charge on any atom is 0.0125 e. The van der Waals surface area contributed by atoms with Crippen molar-refractivity contribution in [3.8, 4) is 0 Å². The van der Waals surface area contributed by atoms with E-state index in [2.05, 4.69) is 17.1 Å². The predicted octanol–water partition coefficient (Wildman–Crippen LogP) is 4.59. The zero-order chi connectivity index (χ0) is 14.8. The molecule has 124 valence electrons. The summed E-state index contributed by atoms with van der Waals surface area (Å²) in [6, 6.07) is 0.927. The molecule has 0 radical (unpaired) electrons. The molecule has 2 heterocycles. The lowest BCUT2D eigenvalue weighted by atomic mass is 9.88. The van der Waals surface area contributed by atoms with Gasteiger partial charge in [-0.05, 0) is 64.2 Å². The third-order valence-corrected chi connectivity index (χ3v) is 5.64. The molecule has 2 heteroatoms. The Labute approximate surface area is 133 Å². The number of piperidine rings is 1. The molecule has 0 aromatic carbocycles. The first-order valence-corrected chi connectivity index (χ1v) is 9.86. The van der Waals surface area contributed by atoms with Gasteiger partial charge in [0.05, 0.1) is 0 Å². The average molecular weight is 295 g/mol. The molecule has 2 nitrogen and oxygen atoms in total. The number of nitrogens with one attached hydrogen (secondary N) is 1. The van der Waals surface area contributed by atoms with Crippen molar-refractivity contribution in [2.24, 2.45) is 5.92 Å². The van der Waals surface area contributed by atoms with E-state index in [-0.39, 0.29) is 0 Å². The lowest BCUT2D eigenvalue weighted by Crippen LogP contribution is -2.41. The van der Waals surface area contributed by atoms with Crippen molar-refractivity contribution in [2.75, 3.05) is 26.2 Å². The summed E-state index contributed by atoms with van der Waals surface area (Å²) < 4.78 is 0. The molecule has 0 aromatic heterocycles. The van der Waals surface area contributed by atoms with Crippen molar-refractivity contribution in [1.29, 1.82) is 0 Å². The van der Waals surface area contributed by atoms with Gasteiger partial charge < -0.3 is 10.2 Å². The molecule has 2 aliphatic rings. The van der Waals surface area contributed by atoms with E-state index in [1.54, 1.807) is 0 Å². The average Bonchev–Trinajstić information content (AvgIpc) is 2.99. The molecule has 2 rings (SSSR count). The van der Waals surface area contributed by atoms with Crippen LogP contribution in [-0.2, 0) is 0 Å². The molecule has 21 heavy (non-hydrogen) atoms. The number of hydrogen-bond acceptors (Lipinski definition) is 2. The molecule has 0 bridgehead atoms. The summed E-state index contributed by atoms with van der Waals surface area (Å²) in [6.07, 6.45) is 17.3. The van der Waals surface area contributed by atoms with E-state index < -0.39 is 0 Å². The Morgan fingerprint density at radius 3 is 2.24 bits per heavy atom. The largest absolute Gasteiger partial charge is 0.317 e. The Balaban J connectivity index is 1.52. The molecule has 0 spiro atoms. The van der Waals surface area contributed by atoms with Crippen molar-refractivity contribution >= 4 is 0 Å². The molecular formula is C19H38N2. The standard InChI is InChI=1S/C19H38N2/c1-2-3-4-5-6-7-8-9-16-21-17-10-11-19(21)18-12-14-20-15-13-18/h18-20H,2-17H2,1H3. The summed E-state index contributed by atoms with van der Waals surface area (Å²) in [7, 11) is 0. The minimum atomic E-state index is 0.927. The summed E-state index contributed by atoms with van der Waals surface area (Å²) in [6.45, 7) is 7.57. The molecule has 2 saturated heterocycles. The molecular weight excluding hydrogens is 256 g/mol. The highest BCUT2D eigenvalue weighted by molar-refractivity contribution is 4.87. The van der Waals surface area contributed by atoms with Crippen LogP contribution in [0.15, 0.2) is 0 Å². The van der Waals surface area contributed by atoms with Crippen LogP contribution in [0, 0.1) is 5.92 Å². The number of nitrogens with zero attached hydrogens (tertiary/aromatic N) is 1. The zero-order valence-corrected chi connectivity index (χ0v) is 14.4. The second-order valence-electron chi connectivity index (χ2n) is 7.31. The summed E-state index contributed by atoms with van der Waals surface area (Å²) >= 11 is 0. The van der Waals surface area contributed by atoms with E-state index in [4.69, 9.17) is 0 Å².